The van der Waals surface area contributed by atoms with Crippen LogP contribution in [0.2, 0.25) is 0 Å². The zero-order valence-electron chi connectivity index (χ0n) is 14.7. The number of carbonyl (C=O) groups excluding carboxylic acids is 1. The van der Waals surface area contributed by atoms with Crippen LogP contribution in [0.1, 0.15) is 21.5 Å². The molecule has 1 amide bonds. The van der Waals surface area contributed by atoms with Crippen molar-refractivity contribution in [3.8, 4) is 5.75 Å². The summed E-state index contributed by atoms with van der Waals surface area (Å²) in [6.07, 6.45) is 0.667. The van der Waals surface area contributed by atoms with Crippen molar-refractivity contribution < 1.29 is 14.5 Å². The van der Waals surface area contributed by atoms with Gasteiger partial charge in [-0.25, -0.2) is 0 Å². The summed E-state index contributed by atoms with van der Waals surface area (Å²) >= 11 is 0. The highest BCUT2D eigenvalue weighted by Crippen LogP contribution is 2.28. The first-order valence-corrected chi connectivity index (χ1v) is 8.34. The standard InChI is InChI=1S/C21H18N2O4/c1-27-20-12-11-17(14-19(20)23(25)26)21(24)22-18-10-6-5-9-16(18)13-15-7-3-2-4-8-15/h2-12,14H,13H2,1H3,(H,22,24). The number of anilines is 1. The third-order valence-electron chi connectivity index (χ3n) is 4.14. The summed E-state index contributed by atoms with van der Waals surface area (Å²) in [6.45, 7) is 0. The number of nitro groups is 1. The first kappa shape index (κ1) is 18.1. The lowest BCUT2D eigenvalue weighted by molar-refractivity contribution is -0.385. The molecule has 0 bridgehead atoms. The minimum atomic E-state index is -0.570. The lowest BCUT2D eigenvalue weighted by Crippen LogP contribution is -2.14. The number of nitrogens with one attached hydrogen (secondary N) is 1. The zero-order valence-corrected chi connectivity index (χ0v) is 14.7. The summed E-state index contributed by atoms with van der Waals surface area (Å²) in [5, 5.41) is 14.0. The summed E-state index contributed by atoms with van der Waals surface area (Å²) in [6, 6.07) is 21.6. The number of carbonyl (C=O) groups is 1. The van der Waals surface area contributed by atoms with Gasteiger partial charge in [0.05, 0.1) is 12.0 Å². The third-order valence-corrected chi connectivity index (χ3v) is 4.14. The number of benzene rings is 3. The van der Waals surface area contributed by atoms with Crippen LogP contribution in [0.3, 0.4) is 0 Å². The van der Waals surface area contributed by atoms with Crippen LogP contribution in [0, 0.1) is 10.1 Å². The van der Waals surface area contributed by atoms with Gasteiger partial charge in [-0.2, -0.15) is 0 Å². The SMILES string of the molecule is COc1ccc(C(=O)Nc2ccccc2Cc2ccccc2)cc1[N+](=O)[O-]. The largest absolute Gasteiger partial charge is 0.490 e. The van der Waals surface area contributed by atoms with E-state index < -0.39 is 10.8 Å². The van der Waals surface area contributed by atoms with Gasteiger partial charge in [-0.1, -0.05) is 48.5 Å². The van der Waals surface area contributed by atoms with Crippen LogP contribution in [-0.2, 0) is 6.42 Å². The Morgan fingerprint density at radius 3 is 2.44 bits per heavy atom. The van der Waals surface area contributed by atoms with Crippen molar-refractivity contribution in [3.05, 3.63) is 99.6 Å². The van der Waals surface area contributed by atoms with Gasteiger partial charge < -0.3 is 10.1 Å². The van der Waals surface area contributed by atoms with Crippen molar-refractivity contribution in [1.29, 1.82) is 0 Å². The van der Waals surface area contributed by atoms with Crippen molar-refractivity contribution in [3.63, 3.8) is 0 Å². The molecular weight excluding hydrogens is 344 g/mol. The number of ether oxygens (including phenoxy) is 1. The Morgan fingerprint density at radius 1 is 1.04 bits per heavy atom. The molecule has 0 atom stereocenters. The average Bonchev–Trinajstić information content (AvgIpc) is 2.69. The number of nitrogens with zero attached hydrogens (tertiary/aromatic N) is 1. The Labute approximate surface area is 156 Å². The summed E-state index contributed by atoms with van der Waals surface area (Å²) in [4.78, 5) is 23.2. The highest BCUT2D eigenvalue weighted by molar-refractivity contribution is 6.05. The molecule has 0 unspecified atom stereocenters. The molecular formula is C21H18N2O4. The second kappa shape index (κ2) is 8.14. The molecule has 0 aliphatic carbocycles. The lowest BCUT2D eigenvalue weighted by atomic mass is 10.0. The van der Waals surface area contributed by atoms with E-state index in [2.05, 4.69) is 5.32 Å². The van der Waals surface area contributed by atoms with Crippen LogP contribution in [-0.4, -0.2) is 17.9 Å². The van der Waals surface area contributed by atoms with Gasteiger partial charge in [0, 0.05) is 17.3 Å². The first-order valence-electron chi connectivity index (χ1n) is 8.34. The average molecular weight is 362 g/mol. The number of nitro benzene ring substituents is 1. The zero-order chi connectivity index (χ0) is 19.2. The van der Waals surface area contributed by atoms with Crippen molar-refractivity contribution >= 4 is 17.3 Å². The molecule has 0 fully saturated rings. The molecule has 3 aromatic carbocycles. The minimum absolute atomic E-state index is 0.112. The number of rotatable bonds is 6. The molecule has 0 aliphatic heterocycles. The predicted molar refractivity (Wildman–Crippen MR) is 103 cm³/mol. The summed E-state index contributed by atoms with van der Waals surface area (Å²) in [7, 11) is 1.35. The summed E-state index contributed by atoms with van der Waals surface area (Å²) in [5.41, 5.74) is 2.70. The molecule has 0 aromatic heterocycles. The third kappa shape index (κ3) is 4.30. The van der Waals surface area contributed by atoms with Crippen molar-refractivity contribution in [2.75, 3.05) is 12.4 Å². The van der Waals surface area contributed by atoms with Gasteiger partial charge in [-0.05, 0) is 35.7 Å². The van der Waals surface area contributed by atoms with E-state index in [1.807, 2.05) is 54.6 Å². The molecule has 0 radical (unpaired) electrons. The molecule has 0 spiro atoms. The van der Waals surface area contributed by atoms with Crippen molar-refractivity contribution in [2.24, 2.45) is 0 Å². The Balaban J connectivity index is 1.85. The van der Waals surface area contributed by atoms with Gasteiger partial charge in [-0.3, -0.25) is 14.9 Å². The molecule has 136 valence electrons. The highest BCUT2D eigenvalue weighted by atomic mass is 16.6. The van der Waals surface area contributed by atoms with Crippen molar-refractivity contribution in [2.45, 2.75) is 6.42 Å². The minimum Gasteiger partial charge on any atom is -0.490 e. The molecule has 0 heterocycles. The van der Waals surface area contributed by atoms with Crippen LogP contribution in [0.15, 0.2) is 72.8 Å². The van der Waals surface area contributed by atoms with Gasteiger partial charge in [0.2, 0.25) is 0 Å². The maximum atomic E-state index is 12.6. The maximum Gasteiger partial charge on any atom is 0.311 e. The van der Waals surface area contributed by atoms with Gasteiger partial charge in [0.15, 0.2) is 5.75 Å². The first-order chi connectivity index (χ1) is 13.1. The van der Waals surface area contributed by atoms with Gasteiger partial charge in [0.25, 0.3) is 5.91 Å². The molecule has 6 nitrogen and oxygen atoms in total. The monoisotopic (exact) mass is 362 g/mol. The highest BCUT2D eigenvalue weighted by Gasteiger charge is 2.18. The van der Waals surface area contributed by atoms with E-state index in [0.717, 1.165) is 11.1 Å². The van der Waals surface area contributed by atoms with Gasteiger partial charge in [-0.15, -0.1) is 0 Å². The maximum absolute atomic E-state index is 12.6. The number of amides is 1. The molecule has 0 aliphatic rings. The van der Waals surface area contributed by atoms with E-state index in [4.69, 9.17) is 4.74 Å². The molecule has 1 N–H and O–H groups in total. The van der Waals surface area contributed by atoms with Gasteiger partial charge in [0.1, 0.15) is 0 Å². The van der Waals surface area contributed by atoms with E-state index in [1.54, 1.807) is 0 Å². The Kier molecular flexibility index (Phi) is 5.47. The van der Waals surface area contributed by atoms with Gasteiger partial charge >= 0.3 is 5.69 Å². The van der Waals surface area contributed by atoms with Crippen LogP contribution in [0.25, 0.3) is 0 Å². The second-order valence-electron chi connectivity index (χ2n) is 5.92. The Hall–Kier alpha value is -3.67. The number of methoxy groups -OCH3 is 1. The van der Waals surface area contributed by atoms with E-state index in [0.29, 0.717) is 12.1 Å². The predicted octanol–water partition coefficient (Wildman–Crippen LogP) is 4.45. The topological polar surface area (TPSA) is 81.5 Å². The summed E-state index contributed by atoms with van der Waals surface area (Å²) in [5.74, 6) is -0.303. The molecule has 6 heteroatoms. The Morgan fingerprint density at radius 2 is 1.74 bits per heavy atom. The smallest absolute Gasteiger partial charge is 0.311 e. The number of hydrogen-bond acceptors (Lipinski definition) is 4. The normalized spacial score (nSPS) is 10.3. The van der Waals surface area contributed by atoms with Crippen molar-refractivity contribution in [1.82, 2.24) is 0 Å². The molecule has 0 saturated heterocycles. The molecule has 3 aromatic rings. The van der Waals surface area contributed by atoms with E-state index in [9.17, 15) is 14.9 Å². The van der Waals surface area contributed by atoms with E-state index in [-0.39, 0.29) is 17.0 Å². The number of para-hydroxylation sites is 1. The fraction of sp³-hybridized carbons (Fsp3) is 0.0952. The lowest BCUT2D eigenvalue weighted by Gasteiger charge is -2.12. The van der Waals surface area contributed by atoms with Crippen LogP contribution in [0.4, 0.5) is 11.4 Å². The van der Waals surface area contributed by atoms with Crippen LogP contribution >= 0.6 is 0 Å². The quantitative estimate of drug-likeness (QED) is 0.519. The Bertz CT molecular complexity index is 971. The fourth-order valence-electron chi connectivity index (χ4n) is 2.78. The molecule has 27 heavy (non-hydrogen) atoms. The van der Waals surface area contributed by atoms with E-state index in [1.165, 1.54) is 25.3 Å². The molecule has 3 rings (SSSR count). The van der Waals surface area contributed by atoms with E-state index >= 15 is 0 Å². The fourth-order valence-corrected chi connectivity index (χ4v) is 2.78. The summed E-state index contributed by atoms with van der Waals surface area (Å²) < 4.78 is 4.97. The molecule has 0 saturated carbocycles. The second-order valence-corrected chi connectivity index (χ2v) is 5.92. The number of hydrogen-bond donors (Lipinski definition) is 1. The van der Waals surface area contributed by atoms with Crippen LogP contribution in [0.5, 0.6) is 5.75 Å². The van der Waals surface area contributed by atoms with Crippen LogP contribution < -0.4 is 10.1 Å².